The lowest BCUT2D eigenvalue weighted by Gasteiger charge is -2.11. The van der Waals surface area contributed by atoms with E-state index >= 15 is 0 Å². The highest BCUT2D eigenvalue weighted by Crippen LogP contribution is 2.29. The zero-order valence-corrected chi connectivity index (χ0v) is 16.5. The van der Waals surface area contributed by atoms with Crippen molar-refractivity contribution in [3.05, 3.63) is 30.1 Å². The molecule has 154 valence electrons. The minimum Gasteiger partial charge on any atom is -0.384 e. The molecule has 0 radical (unpaired) electrons. The quantitative estimate of drug-likeness (QED) is 0.489. The number of nitrogens with zero attached hydrogens (tertiary/aromatic N) is 3. The van der Waals surface area contributed by atoms with E-state index in [2.05, 4.69) is 26.3 Å². The van der Waals surface area contributed by atoms with Crippen molar-refractivity contribution in [2.45, 2.75) is 32.7 Å². The van der Waals surface area contributed by atoms with Gasteiger partial charge in [0.2, 0.25) is 0 Å². The van der Waals surface area contributed by atoms with Gasteiger partial charge in [0.15, 0.2) is 5.82 Å². The predicted molar refractivity (Wildman–Crippen MR) is 116 cm³/mol. The number of fused-ring (bicyclic) bond motifs is 3. The van der Waals surface area contributed by atoms with Gasteiger partial charge < -0.3 is 25.7 Å². The number of imidazole rings is 1. The number of aryl methyl sites for hydroxylation is 1. The second kappa shape index (κ2) is 9.36. The van der Waals surface area contributed by atoms with E-state index in [4.69, 9.17) is 15.5 Å². The molecule has 0 aliphatic carbocycles. The maximum atomic E-state index is 11.5. The predicted octanol–water partition coefficient (Wildman–Crippen LogP) is 2.95. The number of hydrogen-bond acceptors (Lipinski definition) is 5. The van der Waals surface area contributed by atoms with Gasteiger partial charge in [0, 0.05) is 41.4 Å². The molecular weight excluding hydrogens is 356 g/mol. The number of benzene rings is 1. The van der Waals surface area contributed by atoms with Crippen LogP contribution in [0.1, 0.15) is 28.4 Å². The van der Waals surface area contributed by atoms with Crippen molar-refractivity contribution in [2.24, 2.45) is 0 Å². The van der Waals surface area contributed by atoms with Gasteiger partial charge in [-0.05, 0) is 25.8 Å². The number of methoxy groups -OCH3 is 1. The molecule has 0 aliphatic heterocycles. The summed E-state index contributed by atoms with van der Waals surface area (Å²) in [4.78, 5) is 20.8. The molecule has 0 atom stereocenters. The van der Waals surface area contributed by atoms with E-state index in [1.807, 2.05) is 25.1 Å². The van der Waals surface area contributed by atoms with E-state index in [0.29, 0.717) is 31.9 Å². The number of para-hydroxylation sites is 1. The first kappa shape index (κ1) is 19.9. The van der Waals surface area contributed by atoms with E-state index in [-0.39, 0.29) is 8.88 Å². The van der Waals surface area contributed by atoms with E-state index in [1.165, 1.54) is 0 Å². The first-order valence-corrected chi connectivity index (χ1v) is 9.69. The van der Waals surface area contributed by atoms with Crippen LogP contribution in [-0.2, 0) is 17.7 Å². The third-order valence-electron chi connectivity index (χ3n) is 4.65. The summed E-state index contributed by atoms with van der Waals surface area (Å²) >= 11 is 0. The second-order valence-corrected chi connectivity index (χ2v) is 6.63. The van der Waals surface area contributed by atoms with Crippen LogP contribution in [0.15, 0.2) is 24.3 Å². The molecule has 3 rings (SSSR count). The van der Waals surface area contributed by atoms with Crippen LogP contribution in [0, 0.1) is 0 Å². The normalized spacial score (nSPS) is 11.2. The lowest BCUT2D eigenvalue weighted by molar-refractivity contribution is 0.199. The number of carbonyl (C=O) groups excluding carboxylic acids is 1. The summed E-state index contributed by atoms with van der Waals surface area (Å²) in [7, 11) is 1.69. The van der Waals surface area contributed by atoms with Crippen LogP contribution >= 0.6 is 0 Å². The second-order valence-electron chi connectivity index (χ2n) is 6.63. The lowest BCUT2D eigenvalue weighted by atomic mass is 10.2. The number of amides is 2. The van der Waals surface area contributed by atoms with Gasteiger partial charge in [0.25, 0.3) is 0 Å². The van der Waals surface area contributed by atoms with Gasteiger partial charge in [0.05, 0.1) is 17.6 Å². The van der Waals surface area contributed by atoms with Gasteiger partial charge >= 0.3 is 6.03 Å². The Kier molecular flexibility index (Phi) is 6.65. The van der Waals surface area contributed by atoms with Crippen LogP contribution in [0.25, 0.3) is 21.9 Å². The highest BCUT2D eigenvalue weighted by Gasteiger charge is 2.16. The summed E-state index contributed by atoms with van der Waals surface area (Å²) in [6.07, 6.45) is 2.49. The topological polar surface area (TPSA) is 107 Å². The van der Waals surface area contributed by atoms with Gasteiger partial charge in [-0.15, -0.1) is 0 Å². The number of anilines is 1. The SMILES string of the molecule is CCNC(=O)NCCCCn1c(CCOC)nc2c(N)nc3ccccc3c21.[HH].[HH]. The van der Waals surface area contributed by atoms with Crippen LogP contribution in [0.5, 0.6) is 0 Å². The largest absolute Gasteiger partial charge is 0.384 e. The number of pyridine rings is 1. The third kappa shape index (κ3) is 4.33. The van der Waals surface area contributed by atoms with E-state index < -0.39 is 0 Å². The van der Waals surface area contributed by atoms with Crippen molar-refractivity contribution in [3.8, 4) is 0 Å². The third-order valence-corrected chi connectivity index (χ3v) is 4.65. The summed E-state index contributed by atoms with van der Waals surface area (Å²) in [6.45, 7) is 4.54. The highest BCUT2D eigenvalue weighted by molar-refractivity contribution is 6.06. The zero-order valence-electron chi connectivity index (χ0n) is 16.5. The standard InChI is InChI=1S/C20H28N6O2.2H2/c1-3-22-20(27)23-11-6-7-12-26-16(10-13-28-2)25-17-18(26)14-8-4-5-9-15(14)24-19(17)21;;/h4-5,8-9H,3,6-7,10-13H2,1-2H3,(H2,21,24)(H2,22,23,27);2*1H. The van der Waals surface area contributed by atoms with Crippen LogP contribution in [-0.4, -0.2) is 47.4 Å². The van der Waals surface area contributed by atoms with Crippen molar-refractivity contribution < 1.29 is 12.4 Å². The van der Waals surface area contributed by atoms with Crippen molar-refractivity contribution in [1.29, 1.82) is 0 Å². The smallest absolute Gasteiger partial charge is 0.314 e. The number of nitrogen functional groups attached to an aromatic ring is 1. The fraction of sp³-hybridized carbons (Fsp3) is 0.450. The number of urea groups is 1. The van der Waals surface area contributed by atoms with Gasteiger partial charge in [-0.25, -0.2) is 14.8 Å². The Morgan fingerprint density at radius 1 is 1.25 bits per heavy atom. The van der Waals surface area contributed by atoms with Crippen LogP contribution in [0.4, 0.5) is 10.6 Å². The Morgan fingerprint density at radius 3 is 2.86 bits per heavy atom. The first-order chi connectivity index (χ1) is 13.7. The Morgan fingerprint density at radius 2 is 2.07 bits per heavy atom. The first-order valence-electron chi connectivity index (χ1n) is 9.69. The van der Waals surface area contributed by atoms with Gasteiger partial charge in [-0.3, -0.25) is 0 Å². The lowest BCUT2D eigenvalue weighted by Crippen LogP contribution is -2.35. The molecule has 4 N–H and O–H groups in total. The fourth-order valence-corrected chi connectivity index (χ4v) is 3.35. The van der Waals surface area contributed by atoms with E-state index in [9.17, 15) is 4.79 Å². The van der Waals surface area contributed by atoms with Crippen LogP contribution in [0.2, 0.25) is 0 Å². The Hall–Kier alpha value is -2.87. The summed E-state index contributed by atoms with van der Waals surface area (Å²) in [5.74, 6) is 1.39. The number of nitrogens with two attached hydrogens (primary N) is 1. The van der Waals surface area contributed by atoms with Crippen molar-refractivity contribution >= 4 is 33.8 Å². The molecule has 2 heterocycles. The number of unbranched alkanes of at least 4 members (excludes halogenated alkanes) is 1. The van der Waals surface area contributed by atoms with Crippen molar-refractivity contribution in [2.75, 3.05) is 32.5 Å². The maximum Gasteiger partial charge on any atom is 0.314 e. The number of nitrogens with one attached hydrogen (secondary N) is 2. The average molecular weight is 389 g/mol. The molecule has 1 aromatic carbocycles. The van der Waals surface area contributed by atoms with Crippen molar-refractivity contribution in [3.63, 3.8) is 0 Å². The minimum absolute atomic E-state index is 0. The molecule has 0 saturated heterocycles. The van der Waals surface area contributed by atoms with Gasteiger partial charge in [-0.2, -0.15) is 0 Å². The molecule has 3 aromatic rings. The molecule has 0 unspecified atom stereocenters. The monoisotopic (exact) mass is 388 g/mol. The molecule has 2 amide bonds. The number of ether oxygens (including phenoxy) is 1. The molecule has 8 nitrogen and oxygen atoms in total. The summed E-state index contributed by atoms with van der Waals surface area (Å²) < 4.78 is 7.48. The van der Waals surface area contributed by atoms with Gasteiger partial charge in [0.1, 0.15) is 11.3 Å². The molecule has 0 saturated carbocycles. The summed E-state index contributed by atoms with van der Waals surface area (Å²) in [5.41, 5.74) is 8.82. The number of hydrogen-bond donors (Lipinski definition) is 3. The number of aromatic nitrogens is 3. The Balaban J connectivity index is 0.00000225. The molecular formula is C20H32N6O2. The molecule has 2 aromatic heterocycles. The highest BCUT2D eigenvalue weighted by atomic mass is 16.5. The summed E-state index contributed by atoms with van der Waals surface area (Å²) in [6, 6.07) is 7.86. The molecule has 28 heavy (non-hydrogen) atoms. The zero-order chi connectivity index (χ0) is 19.9. The van der Waals surface area contributed by atoms with Crippen LogP contribution in [0.3, 0.4) is 0 Å². The Labute approximate surface area is 167 Å². The maximum absolute atomic E-state index is 11.5. The van der Waals surface area contributed by atoms with Crippen molar-refractivity contribution in [1.82, 2.24) is 25.2 Å². The molecule has 8 heteroatoms. The van der Waals surface area contributed by atoms with E-state index in [0.717, 1.165) is 47.1 Å². The molecule has 0 bridgehead atoms. The molecule has 0 aliphatic rings. The molecule has 0 fully saturated rings. The molecule has 0 spiro atoms. The summed E-state index contributed by atoms with van der Waals surface area (Å²) in [5, 5.41) is 6.64. The van der Waals surface area contributed by atoms with Gasteiger partial charge in [-0.1, -0.05) is 18.2 Å². The van der Waals surface area contributed by atoms with E-state index in [1.54, 1.807) is 7.11 Å². The Bertz CT molecular complexity index is 963. The average Bonchev–Trinajstić information content (AvgIpc) is 3.06. The minimum atomic E-state index is -0.124. The number of rotatable bonds is 9. The fourth-order valence-electron chi connectivity index (χ4n) is 3.35. The van der Waals surface area contributed by atoms with Crippen LogP contribution < -0.4 is 16.4 Å². The number of carbonyl (C=O) groups is 1.